The number of amides is 1. The Kier molecular flexibility index (Phi) is 8.21. The van der Waals surface area contributed by atoms with Gasteiger partial charge in [0.2, 0.25) is 26.0 Å². The summed E-state index contributed by atoms with van der Waals surface area (Å²) >= 11 is 0. The molecule has 0 aromatic heterocycles. The van der Waals surface area contributed by atoms with Gasteiger partial charge in [0.1, 0.15) is 6.54 Å². The van der Waals surface area contributed by atoms with E-state index in [0.717, 1.165) is 27.7 Å². The Hall–Kier alpha value is -2.43. The first-order valence-corrected chi connectivity index (χ1v) is 13.0. The molecule has 10 heteroatoms. The smallest absolute Gasteiger partial charge is 0.242 e. The quantitative estimate of drug-likeness (QED) is 0.536. The summed E-state index contributed by atoms with van der Waals surface area (Å²) in [5, 5.41) is 2.74. The highest BCUT2D eigenvalue weighted by molar-refractivity contribution is 7.92. The normalized spacial score (nSPS) is 12.0. The van der Waals surface area contributed by atoms with Crippen LogP contribution < -0.4 is 9.62 Å². The summed E-state index contributed by atoms with van der Waals surface area (Å²) in [6, 6.07) is 13.5. The molecule has 1 N–H and O–H groups in total. The fourth-order valence-electron chi connectivity index (χ4n) is 2.97. The van der Waals surface area contributed by atoms with Crippen LogP contribution in [0, 0.1) is 6.92 Å². The maximum absolute atomic E-state index is 12.3. The summed E-state index contributed by atoms with van der Waals surface area (Å²) in [4.78, 5) is 12.4. The summed E-state index contributed by atoms with van der Waals surface area (Å²) in [5.74, 6) is -0.431. The summed E-state index contributed by atoms with van der Waals surface area (Å²) in [6.07, 6.45) is 2.53. The van der Waals surface area contributed by atoms with E-state index in [9.17, 15) is 21.6 Å². The third-order valence-electron chi connectivity index (χ3n) is 4.64. The van der Waals surface area contributed by atoms with E-state index in [0.29, 0.717) is 6.54 Å². The van der Waals surface area contributed by atoms with Crippen LogP contribution in [0.15, 0.2) is 53.4 Å². The average molecular weight is 468 g/mol. The SMILES string of the molecule is Cc1cccc(CCCNC(=O)CN(c2ccc(S(=O)(=O)N(C)C)cc2)S(C)(=O)=O)c1. The molecule has 0 radical (unpaired) electrons. The van der Waals surface area contributed by atoms with Crippen LogP contribution in [0.5, 0.6) is 0 Å². The van der Waals surface area contributed by atoms with Crippen LogP contribution in [0.3, 0.4) is 0 Å². The second-order valence-corrected chi connectivity index (χ2v) is 11.6. The van der Waals surface area contributed by atoms with E-state index in [4.69, 9.17) is 0 Å². The van der Waals surface area contributed by atoms with Crippen molar-refractivity contribution in [1.82, 2.24) is 9.62 Å². The number of carbonyl (C=O) groups is 1. The molecule has 2 aromatic carbocycles. The van der Waals surface area contributed by atoms with Gasteiger partial charge in [0.15, 0.2) is 0 Å². The minimum Gasteiger partial charge on any atom is -0.355 e. The molecule has 0 bridgehead atoms. The molecule has 8 nitrogen and oxygen atoms in total. The topological polar surface area (TPSA) is 104 Å². The fourth-order valence-corrected chi connectivity index (χ4v) is 4.73. The highest BCUT2D eigenvalue weighted by Crippen LogP contribution is 2.21. The number of hydrogen-bond acceptors (Lipinski definition) is 5. The lowest BCUT2D eigenvalue weighted by Crippen LogP contribution is -2.40. The Morgan fingerprint density at radius 1 is 1.00 bits per heavy atom. The number of benzene rings is 2. The lowest BCUT2D eigenvalue weighted by atomic mass is 10.1. The van der Waals surface area contributed by atoms with Crippen molar-refractivity contribution in [3.05, 3.63) is 59.7 Å². The van der Waals surface area contributed by atoms with Gasteiger partial charge in [-0.3, -0.25) is 9.10 Å². The van der Waals surface area contributed by atoms with Crippen LogP contribution in [0.2, 0.25) is 0 Å². The zero-order chi connectivity index (χ0) is 23.2. The van der Waals surface area contributed by atoms with Crippen LogP contribution in [-0.2, 0) is 31.3 Å². The molecule has 0 saturated heterocycles. The minimum atomic E-state index is -3.74. The minimum absolute atomic E-state index is 0.0373. The molecule has 0 heterocycles. The van der Waals surface area contributed by atoms with Crippen LogP contribution in [0.4, 0.5) is 5.69 Å². The lowest BCUT2D eigenvalue weighted by molar-refractivity contribution is -0.119. The van der Waals surface area contributed by atoms with Gasteiger partial charge in [-0.15, -0.1) is 0 Å². The molecule has 2 aromatic rings. The summed E-state index contributed by atoms with van der Waals surface area (Å²) < 4.78 is 50.8. The van der Waals surface area contributed by atoms with Crippen LogP contribution in [0.25, 0.3) is 0 Å². The molecule has 170 valence electrons. The molecule has 31 heavy (non-hydrogen) atoms. The van der Waals surface area contributed by atoms with Crippen molar-refractivity contribution in [3.8, 4) is 0 Å². The molecule has 0 unspecified atom stereocenters. The van der Waals surface area contributed by atoms with E-state index in [1.165, 1.54) is 49.5 Å². The van der Waals surface area contributed by atoms with E-state index in [-0.39, 0.29) is 17.1 Å². The van der Waals surface area contributed by atoms with Crippen molar-refractivity contribution in [2.45, 2.75) is 24.7 Å². The maximum atomic E-state index is 12.3. The van der Waals surface area contributed by atoms with E-state index in [2.05, 4.69) is 11.4 Å². The number of sulfonamides is 2. The summed E-state index contributed by atoms with van der Waals surface area (Å²) in [7, 11) is -4.55. The Morgan fingerprint density at radius 3 is 2.19 bits per heavy atom. The van der Waals surface area contributed by atoms with Crippen LogP contribution >= 0.6 is 0 Å². The molecule has 0 spiro atoms. The number of hydrogen-bond donors (Lipinski definition) is 1. The number of aryl methyl sites for hydroxylation is 2. The predicted molar refractivity (Wildman–Crippen MR) is 122 cm³/mol. The highest BCUT2D eigenvalue weighted by Gasteiger charge is 2.22. The predicted octanol–water partition coefficient (Wildman–Crippen LogP) is 1.76. The van der Waals surface area contributed by atoms with Crippen molar-refractivity contribution in [3.63, 3.8) is 0 Å². The molecular formula is C21H29N3O5S2. The fraction of sp³-hybridized carbons (Fsp3) is 0.381. The number of nitrogens with zero attached hydrogens (tertiary/aromatic N) is 2. The van der Waals surface area contributed by atoms with Crippen molar-refractivity contribution in [2.24, 2.45) is 0 Å². The number of rotatable bonds is 10. The van der Waals surface area contributed by atoms with E-state index in [1.807, 2.05) is 25.1 Å². The van der Waals surface area contributed by atoms with Gasteiger partial charge in [0, 0.05) is 20.6 Å². The zero-order valence-corrected chi connectivity index (χ0v) is 19.8. The van der Waals surface area contributed by atoms with Gasteiger partial charge < -0.3 is 5.32 Å². The van der Waals surface area contributed by atoms with E-state index >= 15 is 0 Å². The molecular weight excluding hydrogens is 438 g/mol. The third kappa shape index (κ3) is 7.05. The van der Waals surface area contributed by atoms with Crippen molar-refractivity contribution < 1.29 is 21.6 Å². The second kappa shape index (κ2) is 10.3. The van der Waals surface area contributed by atoms with Crippen LogP contribution in [0.1, 0.15) is 17.5 Å². The molecule has 0 atom stereocenters. The summed E-state index contributed by atoms with van der Waals surface area (Å²) in [5.41, 5.74) is 2.57. The first-order chi connectivity index (χ1) is 14.4. The third-order valence-corrected chi connectivity index (χ3v) is 7.61. The Labute approximate surface area is 185 Å². The molecule has 0 fully saturated rings. The Morgan fingerprint density at radius 2 is 1.65 bits per heavy atom. The molecule has 1 amide bonds. The number of nitrogens with one attached hydrogen (secondary N) is 1. The van der Waals surface area contributed by atoms with Gasteiger partial charge >= 0.3 is 0 Å². The van der Waals surface area contributed by atoms with Crippen molar-refractivity contribution in [2.75, 3.05) is 37.7 Å². The van der Waals surface area contributed by atoms with Crippen molar-refractivity contribution in [1.29, 1.82) is 0 Å². The van der Waals surface area contributed by atoms with Gasteiger partial charge in [0.05, 0.1) is 16.8 Å². The molecule has 0 aliphatic carbocycles. The molecule has 0 saturated carbocycles. The van der Waals surface area contributed by atoms with Gasteiger partial charge in [-0.1, -0.05) is 29.8 Å². The van der Waals surface area contributed by atoms with Gasteiger partial charge in [-0.2, -0.15) is 0 Å². The standard InChI is InChI=1S/C21H29N3O5S2/c1-17-7-5-8-18(15-17)9-6-14-22-21(25)16-24(30(4,26)27)19-10-12-20(13-11-19)31(28,29)23(2)3/h5,7-8,10-13,15H,6,9,14,16H2,1-4H3,(H,22,25). The number of anilines is 1. The summed E-state index contributed by atoms with van der Waals surface area (Å²) in [6.45, 7) is 2.06. The Bertz CT molecular complexity index is 1110. The highest BCUT2D eigenvalue weighted by atomic mass is 32.2. The van der Waals surface area contributed by atoms with E-state index in [1.54, 1.807) is 0 Å². The van der Waals surface area contributed by atoms with E-state index < -0.39 is 26.0 Å². The second-order valence-electron chi connectivity index (χ2n) is 7.49. The molecule has 2 rings (SSSR count). The average Bonchev–Trinajstić information content (AvgIpc) is 2.68. The van der Waals surface area contributed by atoms with Crippen LogP contribution in [-0.4, -0.2) is 60.5 Å². The largest absolute Gasteiger partial charge is 0.355 e. The maximum Gasteiger partial charge on any atom is 0.242 e. The van der Waals surface area contributed by atoms with Gasteiger partial charge in [0.25, 0.3) is 0 Å². The Balaban J connectivity index is 2.01. The van der Waals surface area contributed by atoms with Gasteiger partial charge in [-0.05, 0) is 49.6 Å². The first-order valence-electron chi connectivity index (χ1n) is 9.74. The monoisotopic (exact) mass is 467 g/mol. The molecule has 0 aliphatic heterocycles. The number of carbonyl (C=O) groups excluding carboxylic acids is 1. The lowest BCUT2D eigenvalue weighted by Gasteiger charge is -2.22. The first kappa shape index (κ1) is 24.8. The van der Waals surface area contributed by atoms with Crippen molar-refractivity contribution >= 4 is 31.6 Å². The van der Waals surface area contributed by atoms with Gasteiger partial charge in [-0.25, -0.2) is 21.1 Å². The molecule has 0 aliphatic rings. The zero-order valence-electron chi connectivity index (χ0n) is 18.2.